The molecule has 1 N–H and O–H groups in total. The minimum absolute atomic E-state index is 0.104. The number of amides is 1. The molecule has 7 heteroatoms. The van der Waals surface area contributed by atoms with Crippen LogP contribution in [0.25, 0.3) is 0 Å². The fraction of sp³-hybridized carbons (Fsp3) is 0.500. The van der Waals surface area contributed by atoms with E-state index in [9.17, 15) is 4.79 Å². The van der Waals surface area contributed by atoms with Crippen LogP contribution in [0.5, 0.6) is 0 Å². The molecule has 3 heterocycles. The van der Waals surface area contributed by atoms with Crippen molar-refractivity contribution in [3.8, 4) is 0 Å². The average Bonchev–Trinajstić information content (AvgIpc) is 2.81. The summed E-state index contributed by atoms with van der Waals surface area (Å²) in [6.07, 6.45) is 2.81. The highest BCUT2D eigenvalue weighted by molar-refractivity contribution is 7.17. The predicted molar refractivity (Wildman–Crippen MR) is 103 cm³/mol. The van der Waals surface area contributed by atoms with Crippen molar-refractivity contribution in [2.45, 2.75) is 27.2 Å². The number of rotatable bonds is 4. The molecule has 25 heavy (non-hydrogen) atoms. The van der Waals surface area contributed by atoms with Crippen molar-refractivity contribution in [2.75, 3.05) is 42.9 Å². The number of hydrogen-bond acceptors (Lipinski definition) is 6. The van der Waals surface area contributed by atoms with Crippen molar-refractivity contribution in [1.29, 1.82) is 0 Å². The summed E-state index contributed by atoms with van der Waals surface area (Å²) in [4.78, 5) is 26.7. The Morgan fingerprint density at radius 3 is 2.88 bits per heavy atom. The zero-order valence-corrected chi connectivity index (χ0v) is 15.9. The van der Waals surface area contributed by atoms with Gasteiger partial charge in [-0.15, -0.1) is 0 Å². The van der Waals surface area contributed by atoms with Gasteiger partial charge in [-0.1, -0.05) is 11.3 Å². The molecule has 3 rings (SSSR count). The molecule has 0 spiro atoms. The van der Waals surface area contributed by atoms with E-state index in [1.165, 1.54) is 17.0 Å². The molecule has 2 aromatic heterocycles. The molecule has 0 atom stereocenters. The van der Waals surface area contributed by atoms with Crippen LogP contribution in [0.3, 0.4) is 0 Å². The molecule has 1 amide bonds. The second kappa shape index (κ2) is 7.82. The lowest BCUT2D eigenvalue weighted by Crippen LogP contribution is -2.35. The molecule has 0 aromatic carbocycles. The molecular weight excluding hydrogens is 334 g/mol. The van der Waals surface area contributed by atoms with Gasteiger partial charge in [-0.25, -0.2) is 4.98 Å². The molecule has 1 aliphatic rings. The van der Waals surface area contributed by atoms with Gasteiger partial charge in [-0.3, -0.25) is 9.78 Å². The lowest BCUT2D eigenvalue weighted by Gasteiger charge is -2.23. The highest BCUT2D eigenvalue weighted by Crippen LogP contribution is 2.25. The van der Waals surface area contributed by atoms with Gasteiger partial charge >= 0.3 is 0 Å². The SMILES string of the molecule is CCNc1nc(C)c(C(=O)N2CCCN(c3ccnc(C)c3)CC2)s1. The summed E-state index contributed by atoms with van der Waals surface area (Å²) in [7, 11) is 0. The quantitative estimate of drug-likeness (QED) is 0.909. The van der Waals surface area contributed by atoms with Gasteiger partial charge in [0.05, 0.1) is 5.69 Å². The number of hydrogen-bond donors (Lipinski definition) is 1. The second-order valence-corrected chi connectivity index (χ2v) is 7.25. The molecule has 1 fully saturated rings. The molecule has 0 saturated carbocycles. The largest absolute Gasteiger partial charge is 0.370 e. The molecule has 0 aliphatic carbocycles. The van der Waals surface area contributed by atoms with Crippen LogP contribution < -0.4 is 10.2 Å². The summed E-state index contributed by atoms with van der Waals surface area (Å²) in [5.74, 6) is 0.104. The first kappa shape index (κ1) is 17.7. The van der Waals surface area contributed by atoms with E-state index in [2.05, 4.69) is 26.3 Å². The van der Waals surface area contributed by atoms with Gasteiger partial charge < -0.3 is 15.1 Å². The Morgan fingerprint density at radius 1 is 1.28 bits per heavy atom. The Bertz CT molecular complexity index is 745. The van der Waals surface area contributed by atoms with Gasteiger partial charge in [0, 0.05) is 50.3 Å². The van der Waals surface area contributed by atoms with Gasteiger partial charge in [0.15, 0.2) is 5.13 Å². The maximum atomic E-state index is 12.9. The van der Waals surface area contributed by atoms with Crippen LogP contribution in [-0.4, -0.2) is 53.5 Å². The van der Waals surface area contributed by atoms with E-state index < -0.39 is 0 Å². The average molecular weight is 359 g/mol. The van der Waals surface area contributed by atoms with Crippen molar-refractivity contribution in [2.24, 2.45) is 0 Å². The number of aromatic nitrogens is 2. The topological polar surface area (TPSA) is 61.4 Å². The van der Waals surface area contributed by atoms with E-state index in [1.54, 1.807) is 0 Å². The van der Waals surface area contributed by atoms with Gasteiger partial charge in [0.25, 0.3) is 5.91 Å². The Hall–Kier alpha value is -2.15. The first-order valence-electron chi connectivity index (χ1n) is 8.76. The zero-order valence-electron chi connectivity index (χ0n) is 15.1. The molecular formula is C18H25N5OS. The summed E-state index contributed by atoms with van der Waals surface area (Å²) in [5, 5.41) is 4.02. The monoisotopic (exact) mass is 359 g/mol. The number of aryl methyl sites for hydroxylation is 2. The number of carbonyl (C=O) groups is 1. The highest BCUT2D eigenvalue weighted by atomic mass is 32.1. The summed E-state index contributed by atoms with van der Waals surface area (Å²) < 4.78 is 0. The van der Waals surface area contributed by atoms with Crippen LogP contribution in [0.4, 0.5) is 10.8 Å². The maximum absolute atomic E-state index is 12.9. The maximum Gasteiger partial charge on any atom is 0.265 e. The summed E-state index contributed by atoms with van der Waals surface area (Å²) in [6.45, 7) is 10.1. The van der Waals surface area contributed by atoms with E-state index in [0.717, 1.165) is 60.5 Å². The minimum atomic E-state index is 0.104. The number of nitrogens with zero attached hydrogens (tertiary/aromatic N) is 4. The first-order valence-corrected chi connectivity index (χ1v) is 9.58. The molecule has 0 radical (unpaired) electrons. The fourth-order valence-corrected chi connectivity index (χ4v) is 4.07. The van der Waals surface area contributed by atoms with Crippen LogP contribution in [0.1, 0.15) is 34.4 Å². The third-order valence-electron chi connectivity index (χ3n) is 4.35. The van der Waals surface area contributed by atoms with Crippen molar-refractivity contribution in [3.05, 3.63) is 34.6 Å². The minimum Gasteiger partial charge on any atom is -0.370 e. The molecule has 134 valence electrons. The molecule has 0 bridgehead atoms. The molecule has 1 aliphatic heterocycles. The molecule has 0 unspecified atom stereocenters. The van der Waals surface area contributed by atoms with Crippen LogP contribution in [-0.2, 0) is 0 Å². The van der Waals surface area contributed by atoms with Gasteiger partial charge in [-0.05, 0) is 39.3 Å². The Labute approximate surface area is 152 Å². The van der Waals surface area contributed by atoms with Crippen molar-refractivity contribution in [3.63, 3.8) is 0 Å². The Kier molecular flexibility index (Phi) is 5.53. The summed E-state index contributed by atoms with van der Waals surface area (Å²) in [5.41, 5.74) is 3.02. The third kappa shape index (κ3) is 4.10. The summed E-state index contributed by atoms with van der Waals surface area (Å²) in [6, 6.07) is 4.15. The van der Waals surface area contributed by atoms with E-state index in [0.29, 0.717) is 0 Å². The van der Waals surface area contributed by atoms with Crippen molar-refractivity contribution >= 4 is 28.1 Å². The van der Waals surface area contributed by atoms with Crippen LogP contribution >= 0.6 is 11.3 Å². The fourth-order valence-electron chi connectivity index (χ4n) is 3.07. The predicted octanol–water partition coefficient (Wildman–Crippen LogP) is 2.94. The highest BCUT2D eigenvalue weighted by Gasteiger charge is 2.24. The van der Waals surface area contributed by atoms with Crippen molar-refractivity contribution in [1.82, 2.24) is 14.9 Å². The van der Waals surface area contributed by atoms with Crippen LogP contribution in [0.15, 0.2) is 18.3 Å². The van der Waals surface area contributed by atoms with Crippen molar-refractivity contribution < 1.29 is 4.79 Å². The Balaban J connectivity index is 1.69. The number of thiazole rings is 1. The van der Waals surface area contributed by atoms with Gasteiger partial charge in [0.1, 0.15) is 4.88 Å². The summed E-state index contributed by atoms with van der Waals surface area (Å²) >= 11 is 1.46. The normalized spacial score (nSPS) is 15.2. The lowest BCUT2D eigenvalue weighted by molar-refractivity contribution is 0.0771. The van der Waals surface area contributed by atoms with Crippen LogP contribution in [0.2, 0.25) is 0 Å². The number of carbonyl (C=O) groups excluding carboxylic acids is 1. The molecule has 2 aromatic rings. The zero-order chi connectivity index (χ0) is 17.8. The van der Waals surface area contributed by atoms with E-state index in [1.807, 2.05) is 37.9 Å². The van der Waals surface area contributed by atoms with Gasteiger partial charge in [-0.2, -0.15) is 0 Å². The molecule has 6 nitrogen and oxygen atoms in total. The number of anilines is 2. The smallest absolute Gasteiger partial charge is 0.265 e. The van der Waals surface area contributed by atoms with E-state index in [-0.39, 0.29) is 5.91 Å². The number of pyridine rings is 1. The number of nitrogens with one attached hydrogen (secondary N) is 1. The van der Waals surface area contributed by atoms with Gasteiger partial charge in [0.2, 0.25) is 0 Å². The van der Waals surface area contributed by atoms with E-state index >= 15 is 0 Å². The Morgan fingerprint density at radius 2 is 2.12 bits per heavy atom. The first-order chi connectivity index (χ1) is 12.1. The second-order valence-electron chi connectivity index (χ2n) is 6.25. The standard InChI is InChI=1S/C18H25N5OS/c1-4-19-18-21-14(3)16(25-18)17(24)23-9-5-8-22(10-11-23)15-6-7-20-13(2)12-15/h6-7,12H,4-5,8-11H2,1-3H3,(H,19,21). The van der Waals surface area contributed by atoms with Crippen LogP contribution in [0, 0.1) is 13.8 Å². The third-order valence-corrected chi connectivity index (χ3v) is 5.45. The van der Waals surface area contributed by atoms with E-state index in [4.69, 9.17) is 0 Å². The molecule has 1 saturated heterocycles. The lowest BCUT2D eigenvalue weighted by atomic mass is 10.3.